The van der Waals surface area contributed by atoms with Gasteiger partial charge in [0.25, 0.3) is 0 Å². The highest BCUT2D eigenvalue weighted by atomic mass is 15.1. The van der Waals surface area contributed by atoms with Gasteiger partial charge in [-0.1, -0.05) is 30.3 Å². The molecule has 3 heteroatoms. The van der Waals surface area contributed by atoms with E-state index in [1.807, 2.05) is 18.5 Å². The summed E-state index contributed by atoms with van der Waals surface area (Å²) in [4.78, 5) is 6.28. The number of nitrogens with one attached hydrogen (secondary N) is 1. The van der Waals surface area contributed by atoms with Crippen molar-refractivity contribution in [3.8, 4) is 0 Å². The van der Waals surface area contributed by atoms with Crippen molar-refractivity contribution in [2.75, 3.05) is 27.2 Å². The molecule has 19 heavy (non-hydrogen) atoms. The second-order valence-electron chi connectivity index (χ2n) is 4.88. The molecule has 1 unspecified atom stereocenters. The Morgan fingerprint density at radius 1 is 1.00 bits per heavy atom. The van der Waals surface area contributed by atoms with E-state index in [0.717, 1.165) is 13.1 Å². The van der Waals surface area contributed by atoms with Crippen molar-refractivity contribution in [3.63, 3.8) is 0 Å². The molecule has 1 atom stereocenters. The van der Waals surface area contributed by atoms with Crippen molar-refractivity contribution in [3.05, 3.63) is 66.0 Å². The number of rotatable bonds is 6. The van der Waals surface area contributed by atoms with E-state index in [0.29, 0.717) is 0 Å². The summed E-state index contributed by atoms with van der Waals surface area (Å²) in [7, 11) is 4.18. The van der Waals surface area contributed by atoms with Gasteiger partial charge in [-0.25, -0.2) is 0 Å². The van der Waals surface area contributed by atoms with Crippen LogP contribution in [0.5, 0.6) is 0 Å². The Bertz CT molecular complexity index is 428. The normalized spacial score (nSPS) is 12.6. The van der Waals surface area contributed by atoms with Crippen LogP contribution in [-0.2, 0) is 0 Å². The Kier molecular flexibility index (Phi) is 5.07. The van der Waals surface area contributed by atoms with Crippen LogP contribution in [0.2, 0.25) is 0 Å². The molecular formula is C16H21N3. The second-order valence-corrected chi connectivity index (χ2v) is 4.88. The van der Waals surface area contributed by atoms with E-state index < -0.39 is 0 Å². The molecule has 0 bridgehead atoms. The molecule has 1 N–H and O–H groups in total. The Morgan fingerprint density at radius 3 is 2.26 bits per heavy atom. The van der Waals surface area contributed by atoms with Crippen molar-refractivity contribution >= 4 is 0 Å². The minimum atomic E-state index is 0.226. The molecule has 3 nitrogen and oxygen atoms in total. The number of benzene rings is 1. The van der Waals surface area contributed by atoms with Crippen LogP contribution in [0.1, 0.15) is 17.2 Å². The fraction of sp³-hybridized carbons (Fsp3) is 0.312. The van der Waals surface area contributed by atoms with Crippen molar-refractivity contribution in [1.29, 1.82) is 0 Å². The van der Waals surface area contributed by atoms with E-state index in [2.05, 4.69) is 65.7 Å². The first-order valence-electron chi connectivity index (χ1n) is 6.60. The van der Waals surface area contributed by atoms with Crippen LogP contribution < -0.4 is 5.32 Å². The zero-order valence-corrected chi connectivity index (χ0v) is 11.6. The summed E-state index contributed by atoms with van der Waals surface area (Å²) in [6.45, 7) is 1.98. The summed E-state index contributed by atoms with van der Waals surface area (Å²) in [6, 6.07) is 14.9. The van der Waals surface area contributed by atoms with Crippen molar-refractivity contribution in [1.82, 2.24) is 15.2 Å². The van der Waals surface area contributed by atoms with E-state index >= 15 is 0 Å². The van der Waals surface area contributed by atoms with Gasteiger partial charge in [0.05, 0.1) is 6.04 Å². The Balaban J connectivity index is 2.14. The molecule has 1 aromatic carbocycles. The van der Waals surface area contributed by atoms with E-state index in [9.17, 15) is 0 Å². The summed E-state index contributed by atoms with van der Waals surface area (Å²) < 4.78 is 0. The summed E-state index contributed by atoms with van der Waals surface area (Å²) in [5, 5.41) is 3.61. The zero-order valence-electron chi connectivity index (χ0n) is 11.6. The van der Waals surface area contributed by atoms with Gasteiger partial charge in [-0.2, -0.15) is 0 Å². The first-order chi connectivity index (χ1) is 9.27. The predicted octanol–water partition coefficient (Wildman–Crippen LogP) is 2.32. The molecule has 0 aliphatic carbocycles. The van der Waals surface area contributed by atoms with Gasteiger partial charge in [-0.15, -0.1) is 0 Å². The van der Waals surface area contributed by atoms with Gasteiger partial charge >= 0.3 is 0 Å². The molecule has 2 aromatic rings. The highest BCUT2D eigenvalue weighted by Gasteiger charge is 2.12. The van der Waals surface area contributed by atoms with E-state index in [1.165, 1.54) is 11.1 Å². The maximum absolute atomic E-state index is 4.09. The lowest BCUT2D eigenvalue weighted by Gasteiger charge is -2.21. The van der Waals surface area contributed by atoms with Crippen LogP contribution in [0.25, 0.3) is 0 Å². The summed E-state index contributed by atoms with van der Waals surface area (Å²) >= 11 is 0. The molecule has 100 valence electrons. The van der Waals surface area contributed by atoms with Gasteiger partial charge in [0.1, 0.15) is 0 Å². The molecule has 0 saturated carbocycles. The highest BCUT2D eigenvalue weighted by Crippen LogP contribution is 2.20. The molecule has 0 saturated heterocycles. The van der Waals surface area contributed by atoms with Crippen LogP contribution in [0.3, 0.4) is 0 Å². The van der Waals surface area contributed by atoms with Gasteiger partial charge in [-0.3, -0.25) is 4.98 Å². The van der Waals surface area contributed by atoms with Crippen LogP contribution in [-0.4, -0.2) is 37.1 Å². The summed E-state index contributed by atoms with van der Waals surface area (Å²) in [5.41, 5.74) is 2.53. The van der Waals surface area contributed by atoms with Crippen LogP contribution in [0.15, 0.2) is 54.9 Å². The minimum Gasteiger partial charge on any atom is -0.308 e. The molecular weight excluding hydrogens is 234 g/mol. The van der Waals surface area contributed by atoms with Crippen LogP contribution in [0.4, 0.5) is 0 Å². The largest absolute Gasteiger partial charge is 0.308 e. The number of aromatic nitrogens is 1. The van der Waals surface area contributed by atoms with Crippen molar-refractivity contribution < 1.29 is 0 Å². The molecule has 1 heterocycles. The second kappa shape index (κ2) is 7.02. The highest BCUT2D eigenvalue weighted by molar-refractivity contribution is 5.30. The number of pyridine rings is 1. The minimum absolute atomic E-state index is 0.226. The molecule has 0 aliphatic heterocycles. The van der Waals surface area contributed by atoms with Gasteiger partial charge in [0, 0.05) is 25.5 Å². The molecule has 0 aliphatic rings. The Labute approximate surface area is 115 Å². The smallest absolute Gasteiger partial charge is 0.0578 e. The first kappa shape index (κ1) is 13.7. The maximum Gasteiger partial charge on any atom is 0.0578 e. The number of nitrogens with zero attached hydrogens (tertiary/aromatic N) is 2. The monoisotopic (exact) mass is 255 g/mol. The number of hydrogen-bond acceptors (Lipinski definition) is 3. The zero-order chi connectivity index (χ0) is 13.5. The summed E-state index contributed by atoms with van der Waals surface area (Å²) in [5.74, 6) is 0. The first-order valence-corrected chi connectivity index (χ1v) is 6.60. The summed E-state index contributed by atoms with van der Waals surface area (Å²) in [6.07, 6.45) is 3.69. The SMILES string of the molecule is CN(C)CCNC(c1ccccc1)c1ccncc1. The van der Waals surface area contributed by atoms with E-state index in [1.54, 1.807) is 0 Å². The third kappa shape index (κ3) is 4.16. The van der Waals surface area contributed by atoms with Crippen molar-refractivity contribution in [2.45, 2.75) is 6.04 Å². The number of likely N-dealkylation sites (N-methyl/N-ethyl adjacent to an activating group) is 1. The lowest BCUT2D eigenvalue weighted by molar-refractivity contribution is 0.392. The molecule has 0 spiro atoms. The molecule has 2 rings (SSSR count). The molecule has 0 radical (unpaired) electrons. The third-order valence-electron chi connectivity index (χ3n) is 3.08. The Morgan fingerprint density at radius 2 is 1.63 bits per heavy atom. The molecule has 0 fully saturated rings. The maximum atomic E-state index is 4.09. The van der Waals surface area contributed by atoms with Crippen molar-refractivity contribution in [2.24, 2.45) is 0 Å². The average molecular weight is 255 g/mol. The van der Waals surface area contributed by atoms with Gasteiger partial charge in [0.2, 0.25) is 0 Å². The number of hydrogen-bond donors (Lipinski definition) is 1. The van der Waals surface area contributed by atoms with E-state index in [4.69, 9.17) is 0 Å². The predicted molar refractivity (Wildman–Crippen MR) is 79.1 cm³/mol. The quantitative estimate of drug-likeness (QED) is 0.858. The van der Waals surface area contributed by atoms with E-state index in [-0.39, 0.29) is 6.04 Å². The van der Waals surface area contributed by atoms with Gasteiger partial charge in [0.15, 0.2) is 0 Å². The standard InChI is InChI=1S/C16H21N3/c1-19(2)13-12-18-16(14-6-4-3-5-7-14)15-8-10-17-11-9-15/h3-11,16,18H,12-13H2,1-2H3. The topological polar surface area (TPSA) is 28.2 Å². The molecule has 0 amide bonds. The lowest BCUT2D eigenvalue weighted by Crippen LogP contribution is -2.30. The lowest BCUT2D eigenvalue weighted by atomic mass is 10.00. The Hall–Kier alpha value is -1.71. The fourth-order valence-electron chi connectivity index (χ4n) is 2.06. The van der Waals surface area contributed by atoms with Gasteiger partial charge in [-0.05, 0) is 37.4 Å². The van der Waals surface area contributed by atoms with Crippen LogP contribution in [0, 0.1) is 0 Å². The molecule has 1 aromatic heterocycles. The fourth-order valence-corrected chi connectivity index (χ4v) is 2.06. The van der Waals surface area contributed by atoms with Crippen LogP contribution >= 0.6 is 0 Å². The van der Waals surface area contributed by atoms with Gasteiger partial charge < -0.3 is 10.2 Å². The third-order valence-corrected chi connectivity index (χ3v) is 3.08. The average Bonchev–Trinajstić information content (AvgIpc) is 2.45.